The molecule has 1 aliphatic heterocycles. The molecule has 3 fully saturated rings. The van der Waals surface area contributed by atoms with Crippen molar-refractivity contribution in [3.05, 3.63) is 0 Å². The first kappa shape index (κ1) is 13.8. The van der Waals surface area contributed by atoms with Gasteiger partial charge in [-0.3, -0.25) is 9.80 Å². The highest BCUT2D eigenvalue weighted by atomic mass is 15.3. The lowest BCUT2D eigenvalue weighted by molar-refractivity contribution is 0.0172. The van der Waals surface area contributed by atoms with E-state index in [2.05, 4.69) is 9.80 Å². The Kier molecular flexibility index (Phi) is 4.45. The van der Waals surface area contributed by atoms with E-state index in [0.717, 1.165) is 12.6 Å². The van der Waals surface area contributed by atoms with Gasteiger partial charge >= 0.3 is 0 Å². The molecule has 2 saturated carbocycles. The Balaban J connectivity index is 1.60. The second-order valence-electron chi connectivity index (χ2n) is 6.95. The van der Waals surface area contributed by atoms with E-state index in [9.17, 15) is 0 Å². The third kappa shape index (κ3) is 3.14. The first-order valence-electron chi connectivity index (χ1n) is 8.53. The Morgan fingerprint density at radius 2 is 1.42 bits per heavy atom. The van der Waals surface area contributed by atoms with Crippen molar-refractivity contribution in [2.45, 2.75) is 69.4 Å². The Labute approximate surface area is 118 Å². The van der Waals surface area contributed by atoms with Crippen LogP contribution in [0, 0.1) is 0 Å². The maximum Gasteiger partial charge on any atom is 0.0332 e. The first-order chi connectivity index (χ1) is 9.34. The lowest BCUT2D eigenvalue weighted by Gasteiger charge is -2.48. The van der Waals surface area contributed by atoms with Crippen LogP contribution >= 0.6 is 0 Å². The van der Waals surface area contributed by atoms with Crippen molar-refractivity contribution >= 4 is 0 Å². The summed E-state index contributed by atoms with van der Waals surface area (Å²) >= 11 is 0. The molecule has 2 aliphatic carbocycles. The predicted molar refractivity (Wildman–Crippen MR) is 80.3 cm³/mol. The molecular formula is C16H31N3. The first-order valence-corrected chi connectivity index (χ1v) is 8.53. The Bertz CT molecular complexity index is 272. The fourth-order valence-electron chi connectivity index (χ4n) is 4.21. The summed E-state index contributed by atoms with van der Waals surface area (Å²) in [5, 5.41) is 0. The second kappa shape index (κ2) is 6.11. The predicted octanol–water partition coefficient (Wildman–Crippen LogP) is 2.21. The highest BCUT2D eigenvalue weighted by molar-refractivity contribution is 4.96. The van der Waals surface area contributed by atoms with E-state index in [0.29, 0.717) is 5.54 Å². The maximum atomic E-state index is 6.24. The lowest BCUT2D eigenvalue weighted by Crippen LogP contribution is -2.60. The Hall–Kier alpha value is -0.120. The summed E-state index contributed by atoms with van der Waals surface area (Å²) in [6, 6.07) is 0.938. The van der Waals surface area contributed by atoms with Crippen LogP contribution in [-0.2, 0) is 0 Å². The van der Waals surface area contributed by atoms with E-state index >= 15 is 0 Å². The summed E-state index contributed by atoms with van der Waals surface area (Å²) in [6.07, 6.45) is 12.6. The minimum absolute atomic E-state index is 0.343. The van der Waals surface area contributed by atoms with Crippen LogP contribution in [0.2, 0.25) is 0 Å². The molecule has 0 aromatic heterocycles. The van der Waals surface area contributed by atoms with Gasteiger partial charge in [0.25, 0.3) is 0 Å². The molecule has 0 unspecified atom stereocenters. The lowest BCUT2D eigenvalue weighted by atomic mass is 9.82. The molecule has 0 bridgehead atoms. The minimum atomic E-state index is 0.343. The zero-order valence-corrected chi connectivity index (χ0v) is 12.4. The molecule has 3 aliphatic rings. The Morgan fingerprint density at radius 3 is 1.95 bits per heavy atom. The van der Waals surface area contributed by atoms with Crippen molar-refractivity contribution in [2.75, 3.05) is 32.7 Å². The molecule has 0 aromatic carbocycles. The van der Waals surface area contributed by atoms with Crippen molar-refractivity contribution in [1.29, 1.82) is 0 Å². The van der Waals surface area contributed by atoms with Crippen molar-refractivity contribution in [3.63, 3.8) is 0 Å². The van der Waals surface area contributed by atoms with Crippen molar-refractivity contribution < 1.29 is 0 Å². The van der Waals surface area contributed by atoms with E-state index in [-0.39, 0.29) is 0 Å². The van der Waals surface area contributed by atoms with E-state index in [1.54, 1.807) is 0 Å². The van der Waals surface area contributed by atoms with Crippen LogP contribution in [-0.4, -0.2) is 54.1 Å². The number of hydrogen-bond acceptors (Lipinski definition) is 3. The third-order valence-corrected chi connectivity index (χ3v) is 5.71. The van der Waals surface area contributed by atoms with Crippen LogP contribution < -0.4 is 5.73 Å². The molecule has 3 heteroatoms. The van der Waals surface area contributed by atoms with Gasteiger partial charge in [-0.05, 0) is 25.7 Å². The summed E-state index contributed by atoms with van der Waals surface area (Å²) in [7, 11) is 0. The molecular weight excluding hydrogens is 234 g/mol. The average molecular weight is 265 g/mol. The van der Waals surface area contributed by atoms with Crippen molar-refractivity contribution in [3.8, 4) is 0 Å². The zero-order valence-electron chi connectivity index (χ0n) is 12.4. The van der Waals surface area contributed by atoms with Gasteiger partial charge in [-0.25, -0.2) is 0 Å². The largest absolute Gasteiger partial charge is 0.329 e. The molecule has 110 valence electrons. The number of rotatable bonds is 3. The maximum absolute atomic E-state index is 6.24. The minimum Gasteiger partial charge on any atom is -0.329 e. The fraction of sp³-hybridized carbons (Fsp3) is 1.00. The average Bonchev–Trinajstić information content (AvgIpc) is 3.24. The SMILES string of the molecule is NCC1(N2CCN(C3CC3)CC2)CCCCCCC1. The summed E-state index contributed by atoms with van der Waals surface area (Å²) < 4.78 is 0. The molecule has 0 amide bonds. The van der Waals surface area contributed by atoms with Gasteiger partial charge in [0.1, 0.15) is 0 Å². The van der Waals surface area contributed by atoms with Crippen LogP contribution in [0.25, 0.3) is 0 Å². The molecule has 0 spiro atoms. The van der Waals surface area contributed by atoms with E-state index in [4.69, 9.17) is 5.73 Å². The van der Waals surface area contributed by atoms with Crippen LogP contribution in [0.15, 0.2) is 0 Å². The number of nitrogens with two attached hydrogens (primary N) is 1. The smallest absolute Gasteiger partial charge is 0.0332 e. The quantitative estimate of drug-likeness (QED) is 0.849. The molecule has 19 heavy (non-hydrogen) atoms. The highest BCUT2D eigenvalue weighted by Crippen LogP contribution is 2.34. The number of hydrogen-bond donors (Lipinski definition) is 1. The van der Waals surface area contributed by atoms with Crippen LogP contribution in [0.3, 0.4) is 0 Å². The van der Waals surface area contributed by atoms with Gasteiger partial charge in [-0.2, -0.15) is 0 Å². The fourth-order valence-corrected chi connectivity index (χ4v) is 4.21. The second-order valence-corrected chi connectivity index (χ2v) is 6.95. The third-order valence-electron chi connectivity index (χ3n) is 5.71. The van der Waals surface area contributed by atoms with Gasteiger partial charge in [0, 0.05) is 44.3 Å². The summed E-state index contributed by atoms with van der Waals surface area (Å²) in [5.74, 6) is 0. The summed E-state index contributed by atoms with van der Waals surface area (Å²) in [5.41, 5.74) is 6.58. The van der Waals surface area contributed by atoms with Crippen LogP contribution in [0.4, 0.5) is 0 Å². The topological polar surface area (TPSA) is 32.5 Å². The molecule has 0 atom stereocenters. The molecule has 1 heterocycles. The van der Waals surface area contributed by atoms with Gasteiger partial charge in [-0.1, -0.05) is 32.1 Å². The van der Waals surface area contributed by atoms with Gasteiger partial charge in [0.15, 0.2) is 0 Å². The van der Waals surface area contributed by atoms with Gasteiger partial charge in [0.05, 0.1) is 0 Å². The molecule has 3 rings (SSSR count). The van der Waals surface area contributed by atoms with Crippen LogP contribution in [0.1, 0.15) is 57.8 Å². The summed E-state index contributed by atoms with van der Waals surface area (Å²) in [4.78, 5) is 5.47. The highest BCUT2D eigenvalue weighted by Gasteiger charge is 2.39. The molecule has 0 radical (unpaired) electrons. The molecule has 0 aromatic rings. The summed E-state index contributed by atoms with van der Waals surface area (Å²) in [6.45, 7) is 5.96. The standard InChI is InChI=1S/C16H31N3/c17-14-16(8-4-2-1-3-5-9-16)19-12-10-18(11-13-19)15-6-7-15/h15H,1-14,17H2. The van der Waals surface area contributed by atoms with Gasteiger partial charge in [-0.15, -0.1) is 0 Å². The van der Waals surface area contributed by atoms with Gasteiger partial charge in [0.2, 0.25) is 0 Å². The number of nitrogens with zero attached hydrogens (tertiary/aromatic N) is 2. The van der Waals surface area contributed by atoms with Crippen molar-refractivity contribution in [1.82, 2.24) is 9.80 Å². The van der Waals surface area contributed by atoms with E-state index in [1.165, 1.54) is 84.0 Å². The molecule has 1 saturated heterocycles. The van der Waals surface area contributed by atoms with E-state index in [1.807, 2.05) is 0 Å². The molecule has 3 nitrogen and oxygen atoms in total. The van der Waals surface area contributed by atoms with Gasteiger partial charge < -0.3 is 5.73 Å². The van der Waals surface area contributed by atoms with Crippen molar-refractivity contribution in [2.24, 2.45) is 5.73 Å². The Morgan fingerprint density at radius 1 is 0.842 bits per heavy atom. The normalized spacial score (nSPS) is 30.8. The number of piperazine rings is 1. The van der Waals surface area contributed by atoms with Crippen LogP contribution in [0.5, 0.6) is 0 Å². The van der Waals surface area contributed by atoms with E-state index < -0.39 is 0 Å². The molecule has 2 N–H and O–H groups in total. The monoisotopic (exact) mass is 265 g/mol. The zero-order chi connectivity index (χ0) is 13.1.